The molecule has 0 bridgehead atoms. The first-order valence-corrected chi connectivity index (χ1v) is 12.9. The summed E-state index contributed by atoms with van der Waals surface area (Å²) in [5.41, 5.74) is 3.04. The van der Waals surface area contributed by atoms with Crippen molar-refractivity contribution in [2.24, 2.45) is 5.92 Å². The quantitative estimate of drug-likeness (QED) is 0.373. The zero-order chi connectivity index (χ0) is 26.0. The van der Waals surface area contributed by atoms with Gasteiger partial charge < -0.3 is 19.8 Å². The van der Waals surface area contributed by atoms with Gasteiger partial charge in [0.2, 0.25) is 0 Å². The van der Waals surface area contributed by atoms with Crippen molar-refractivity contribution in [3.63, 3.8) is 0 Å². The SMILES string of the molecule is COc1ccc(F)cc1-c1ccnc2[nH]c(C3CCC(N[C@@H](C(=O)OC(C)(C)C)C(C)C)CC3)cc12. The van der Waals surface area contributed by atoms with E-state index in [-0.39, 0.29) is 29.8 Å². The van der Waals surface area contributed by atoms with Crippen LogP contribution in [0.3, 0.4) is 0 Å². The Morgan fingerprint density at radius 1 is 1.11 bits per heavy atom. The summed E-state index contributed by atoms with van der Waals surface area (Å²) in [4.78, 5) is 20.8. The number of nitrogens with zero attached hydrogens (tertiary/aromatic N) is 1. The molecule has 7 heteroatoms. The summed E-state index contributed by atoms with van der Waals surface area (Å²) >= 11 is 0. The van der Waals surface area contributed by atoms with Crippen LogP contribution in [0, 0.1) is 11.7 Å². The fourth-order valence-corrected chi connectivity index (χ4v) is 5.12. The number of aromatic nitrogens is 2. The zero-order valence-corrected chi connectivity index (χ0v) is 22.2. The lowest BCUT2D eigenvalue weighted by molar-refractivity contribution is -0.159. The molecule has 1 fully saturated rings. The highest BCUT2D eigenvalue weighted by Gasteiger charge is 2.32. The predicted octanol–water partition coefficient (Wildman–Crippen LogP) is 6.36. The molecular formula is C29H38FN3O3. The molecule has 0 saturated heterocycles. The molecule has 194 valence electrons. The highest BCUT2D eigenvalue weighted by molar-refractivity contribution is 5.95. The predicted molar refractivity (Wildman–Crippen MR) is 141 cm³/mol. The van der Waals surface area contributed by atoms with Crippen LogP contribution in [-0.4, -0.2) is 40.7 Å². The van der Waals surface area contributed by atoms with Crippen LogP contribution in [-0.2, 0) is 9.53 Å². The van der Waals surface area contributed by atoms with Gasteiger partial charge in [0.05, 0.1) is 7.11 Å². The standard InChI is InChI=1S/C29H38FN3O3/c1-17(2)26(28(34)36-29(3,4)5)32-20-10-7-18(8-11-20)24-16-23-21(13-14-31-27(23)33-24)22-15-19(30)9-12-25(22)35-6/h9,12-18,20,26,32H,7-8,10-11H2,1-6H3,(H,31,33)/t18?,20?,26-/m1/s1. The summed E-state index contributed by atoms with van der Waals surface area (Å²) in [6.45, 7) is 9.81. The van der Waals surface area contributed by atoms with Crippen LogP contribution in [0.5, 0.6) is 5.75 Å². The minimum Gasteiger partial charge on any atom is -0.496 e. The van der Waals surface area contributed by atoms with Gasteiger partial charge in [0.25, 0.3) is 0 Å². The van der Waals surface area contributed by atoms with E-state index in [1.54, 1.807) is 19.4 Å². The van der Waals surface area contributed by atoms with Gasteiger partial charge in [0.15, 0.2) is 0 Å². The number of benzene rings is 1. The fourth-order valence-electron chi connectivity index (χ4n) is 5.12. The van der Waals surface area contributed by atoms with E-state index < -0.39 is 5.60 Å². The molecule has 2 aromatic heterocycles. The molecule has 4 rings (SSSR count). The molecule has 0 radical (unpaired) electrons. The molecule has 0 amide bonds. The Morgan fingerprint density at radius 3 is 2.47 bits per heavy atom. The van der Waals surface area contributed by atoms with Crippen LogP contribution in [0.4, 0.5) is 4.39 Å². The summed E-state index contributed by atoms with van der Waals surface area (Å²) < 4.78 is 25.2. The second-order valence-electron chi connectivity index (χ2n) is 11.2. The van der Waals surface area contributed by atoms with Crippen molar-refractivity contribution >= 4 is 17.0 Å². The lowest BCUT2D eigenvalue weighted by atomic mass is 9.83. The maximum atomic E-state index is 14.1. The topological polar surface area (TPSA) is 76.2 Å². The fraction of sp³-hybridized carbons (Fsp3) is 0.517. The third-order valence-corrected chi connectivity index (χ3v) is 6.91. The van der Waals surface area contributed by atoms with Crippen LogP contribution >= 0.6 is 0 Å². The Balaban J connectivity index is 1.48. The van der Waals surface area contributed by atoms with E-state index >= 15 is 0 Å². The van der Waals surface area contributed by atoms with Crippen molar-refractivity contribution in [2.45, 2.75) is 83.9 Å². The molecule has 2 N–H and O–H groups in total. The molecule has 1 aliphatic rings. The van der Waals surface area contributed by atoms with Crippen molar-refractivity contribution in [2.75, 3.05) is 7.11 Å². The number of H-pyrrole nitrogens is 1. The molecule has 0 spiro atoms. The number of methoxy groups -OCH3 is 1. The maximum Gasteiger partial charge on any atom is 0.323 e. The molecule has 0 unspecified atom stereocenters. The van der Waals surface area contributed by atoms with Crippen LogP contribution < -0.4 is 10.1 Å². The molecule has 2 heterocycles. The van der Waals surface area contributed by atoms with E-state index in [9.17, 15) is 9.18 Å². The van der Waals surface area contributed by atoms with E-state index in [2.05, 4.69) is 35.2 Å². The van der Waals surface area contributed by atoms with Gasteiger partial charge >= 0.3 is 5.97 Å². The summed E-state index contributed by atoms with van der Waals surface area (Å²) in [6.07, 6.45) is 5.70. The van der Waals surface area contributed by atoms with Gasteiger partial charge in [0, 0.05) is 28.9 Å². The van der Waals surface area contributed by atoms with E-state index in [0.717, 1.165) is 48.0 Å². The van der Waals surface area contributed by atoms with Gasteiger partial charge in [-0.25, -0.2) is 9.37 Å². The number of carbonyl (C=O) groups is 1. The van der Waals surface area contributed by atoms with Crippen molar-refractivity contribution in [3.05, 3.63) is 48.0 Å². The molecule has 3 aromatic rings. The summed E-state index contributed by atoms with van der Waals surface area (Å²) in [7, 11) is 1.59. The average molecular weight is 496 g/mol. The van der Waals surface area contributed by atoms with E-state index in [1.807, 2.05) is 26.8 Å². The number of halogens is 1. The monoisotopic (exact) mass is 495 g/mol. The van der Waals surface area contributed by atoms with Crippen molar-refractivity contribution in [3.8, 4) is 16.9 Å². The Labute approximate surface area is 213 Å². The Bertz CT molecular complexity index is 1210. The van der Waals surface area contributed by atoms with E-state index in [1.165, 1.54) is 12.1 Å². The number of nitrogens with one attached hydrogen (secondary N) is 2. The second kappa shape index (κ2) is 10.6. The molecule has 6 nitrogen and oxygen atoms in total. The third-order valence-electron chi connectivity index (χ3n) is 6.91. The Kier molecular flexibility index (Phi) is 7.69. The first-order valence-electron chi connectivity index (χ1n) is 12.9. The molecule has 1 aromatic carbocycles. The highest BCUT2D eigenvalue weighted by Crippen LogP contribution is 2.39. The molecule has 1 atom stereocenters. The number of pyridine rings is 1. The Morgan fingerprint density at radius 2 is 1.83 bits per heavy atom. The number of hydrogen-bond acceptors (Lipinski definition) is 5. The first kappa shape index (κ1) is 26.1. The number of aromatic amines is 1. The van der Waals surface area contributed by atoms with Gasteiger partial charge in [-0.1, -0.05) is 13.8 Å². The molecular weight excluding hydrogens is 457 g/mol. The highest BCUT2D eigenvalue weighted by atomic mass is 19.1. The Hall–Kier alpha value is -2.93. The van der Waals surface area contributed by atoms with Gasteiger partial charge in [-0.05, 0) is 94.2 Å². The van der Waals surface area contributed by atoms with Gasteiger partial charge in [-0.2, -0.15) is 0 Å². The van der Waals surface area contributed by atoms with Crippen LogP contribution in [0.25, 0.3) is 22.2 Å². The lowest BCUT2D eigenvalue weighted by Gasteiger charge is -2.33. The first-order chi connectivity index (χ1) is 17.1. The summed E-state index contributed by atoms with van der Waals surface area (Å²) in [6, 6.07) is 8.58. The number of esters is 1. The molecule has 1 saturated carbocycles. The van der Waals surface area contributed by atoms with E-state index in [4.69, 9.17) is 9.47 Å². The smallest absolute Gasteiger partial charge is 0.323 e. The lowest BCUT2D eigenvalue weighted by Crippen LogP contribution is -2.49. The molecule has 36 heavy (non-hydrogen) atoms. The number of carbonyl (C=O) groups excluding carboxylic acids is 1. The largest absolute Gasteiger partial charge is 0.496 e. The average Bonchev–Trinajstić information content (AvgIpc) is 3.26. The van der Waals surface area contributed by atoms with E-state index in [0.29, 0.717) is 17.2 Å². The number of hydrogen-bond donors (Lipinski definition) is 2. The number of ether oxygens (including phenoxy) is 2. The molecule has 0 aliphatic heterocycles. The van der Waals surface area contributed by atoms with Gasteiger partial charge in [-0.3, -0.25) is 4.79 Å². The third kappa shape index (κ3) is 5.89. The van der Waals surface area contributed by atoms with Gasteiger partial charge in [-0.15, -0.1) is 0 Å². The minimum atomic E-state index is -0.498. The van der Waals surface area contributed by atoms with Crippen LogP contribution in [0.1, 0.15) is 71.9 Å². The van der Waals surface area contributed by atoms with Gasteiger partial charge in [0.1, 0.15) is 28.9 Å². The summed E-state index contributed by atoms with van der Waals surface area (Å²) in [5, 5.41) is 4.54. The van der Waals surface area contributed by atoms with Crippen molar-refractivity contribution in [1.29, 1.82) is 0 Å². The number of fused-ring (bicyclic) bond motifs is 1. The van der Waals surface area contributed by atoms with Crippen molar-refractivity contribution < 1.29 is 18.7 Å². The number of rotatable bonds is 7. The van der Waals surface area contributed by atoms with Crippen molar-refractivity contribution in [1.82, 2.24) is 15.3 Å². The zero-order valence-electron chi connectivity index (χ0n) is 22.2. The normalized spacial score (nSPS) is 19.4. The maximum absolute atomic E-state index is 14.1. The van der Waals surface area contributed by atoms with Crippen LogP contribution in [0.15, 0.2) is 36.5 Å². The molecule has 1 aliphatic carbocycles. The van der Waals surface area contributed by atoms with Crippen LogP contribution in [0.2, 0.25) is 0 Å². The minimum absolute atomic E-state index is 0.149. The summed E-state index contributed by atoms with van der Waals surface area (Å²) in [5.74, 6) is 0.669. The second-order valence-corrected chi connectivity index (χ2v) is 11.2.